The number of hydrogen-bond donors (Lipinski definition) is 1. The van der Waals surface area contributed by atoms with Gasteiger partial charge in [0.05, 0.1) is 11.5 Å². The molecule has 0 bridgehead atoms. The van der Waals surface area contributed by atoms with Crippen molar-refractivity contribution in [2.75, 3.05) is 23.0 Å². The van der Waals surface area contributed by atoms with E-state index in [9.17, 15) is 8.42 Å². The number of anilines is 1. The number of pyridine rings is 1. The fourth-order valence-corrected chi connectivity index (χ4v) is 3.73. The lowest BCUT2D eigenvalue weighted by atomic mass is 10.1. The SMILES string of the molecule is CC1CS(=O)(=O)CCN1c1ccc([C@@H](C)N)cn1. The van der Waals surface area contributed by atoms with Crippen molar-refractivity contribution >= 4 is 15.7 Å². The molecule has 2 atom stereocenters. The smallest absolute Gasteiger partial charge is 0.154 e. The summed E-state index contributed by atoms with van der Waals surface area (Å²) in [6.45, 7) is 4.33. The van der Waals surface area contributed by atoms with Crippen LogP contribution in [0.5, 0.6) is 0 Å². The summed E-state index contributed by atoms with van der Waals surface area (Å²) < 4.78 is 23.0. The van der Waals surface area contributed by atoms with Gasteiger partial charge in [0.25, 0.3) is 0 Å². The summed E-state index contributed by atoms with van der Waals surface area (Å²) in [5.74, 6) is 1.22. The molecule has 0 amide bonds. The van der Waals surface area contributed by atoms with Crippen molar-refractivity contribution in [3.05, 3.63) is 23.9 Å². The zero-order valence-corrected chi connectivity index (χ0v) is 11.5. The van der Waals surface area contributed by atoms with Gasteiger partial charge in [-0.1, -0.05) is 6.07 Å². The van der Waals surface area contributed by atoms with Crippen molar-refractivity contribution in [1.82, 2.24) is 4.98 Å². The van der Waals surface area contributed by atoms with E-state index in [1.165, 1.54) is 0 Å². The van der Waals surface area contributed by atoms with Crippen molar-refractivity contribution in [3.8, 4) is 0 Å². The van der Waals surface area contributed by atoms with Crippen molar-refractivity contribution in [2.45, 2.75) is 25.9 Å². The van der Waals surface area contributed by atoms with Gasteiger partial charge in [0, 0.05) is 24.8 Å². The normalized spacial score (nSPS) is 24.8. The highest BCUT2D eigenvalue weighted by Gasteiger charge is 2.28. The molecule has 0 spiro atoms. The Morgan fingerprint density at radius 3 is 2.72 bits per heavy atom. The summed E-state index contributed by atoms with van der Waals surface area (Å²) in [4.78, 5) is 6.41. The quantitative estimate of drug-likeness (QED) is 0.856. The Hall–Kier alpha value is -1.14. The average Bonchev–Trinajstić information content (AvgIpc) is 2.28. The number of hydrogen-bond acceptors (Lipinski definition) is 5. The highest BCUT2D eigenvalue weighted by atomic mass is 32.2. The molecule has 1 unspecified atom stereocenters. The van der Waals surface area contributed by atoms with E-state index in [4.69, 9.17) is 5.73 Å². The summed E-state index contributed by atoms with van der Waals surface area (Å²) in [6, 6.07) is 3.79. The first-order valence-corrected chi connectivity index (χ1v) is 7.90. The van der Waals surface area contributed by atoms with Crippen molar-refractivity contribution in [2.24, 2.45) is 5.73 Å². The first-order chi connectivity index (χ1) is 8.39. The third kappa shape index (κ3) is 2.81. The maximum atomic E-state index is 11.5. The molecule has 1 aliphatic rings. The first kappa shape index (κ1) is 13.3. The fourth-order valence-electron chi connectivity index (χ4n) is 2.18. The predicted octanol–water partition coefficient (Wildman–Crippen LogP) is 0.725. The molecule has 1 aliphatic heterocycles. The minimum atomic E-state index is -2.88. The molecule has 1 aromatic rings. The van der Waals surface area contributed by atoms with E-state index in [0.29, 0.717) is 6.54 Å². The van der Waals surface area contributed by atoms with E-state index in [-0.39, 0.29) is 23.6 Å². The van der Waals surface area contributed by atoms with Crippen LogP contribution in [0.25, 0.3) is 0 Å². The van der Waals surface area contributed by atoms with Crippen LogP contribution in [0.2, 0.25) is 0 Å². The molecule has 6 heteroatoms. The Balaban J connectivity index is 2.17. The van der Waals surface area contributed by atoms with Crippen LogP contribution in [-0.4, -0.2) is 37.5 Å². The lowest BCUT2D eigenvalue weighted by Crippen LogP contribution is -2.47. The zero-order valence-electron chi connectivity index (χ0n) is 10.7. The molecule has 5 nitrogen and oxygen atoms in total. The zero-order chi connectivity index (χ0) is 13.3. The van der Waals surface area contributed by atoms with Gasteiger partial charge in [-0.05, 0) is 25.5 Å². The molecule has 1 aromatic heterocycles. The first-order valence-electron chi connectivity index (χ1n) is 6.07. The number of sulfone groups is 1. The monoisotopic (exact) mass is 269 g/mol. The standard InChI is InChI=1S/C12H19N3O2S/c1-9-8-18(16,17)6-5-15(9)12-4-3-11(7-14-12)10(2)13/h3-4,7,9-10H,5-6,8,13H2,1-2H3/t9?,10-/m1/s1. The third-order valence-corrected chi connectivity index (χ3v) is 5.06. The van der Waals surface area contributed by atoms with Gasteiger partial charge in [0.2, 0.25) is 0 Å². The van der Waals surface area contributed by atoms with Crippen LogP contribution in [0.1, 0.15) is 25.5 Å². The van der Waals surface area contributed by atoms with Gasteiger partial charge < -0.3 is 10.6 Å². The number of rotatable bonds is 2. The number of nitrogens with two attached hydrogens (primary N) is 1. The molecule has 0 aliphatic carbocycles. The number of nitrogens with zero attached hydrogens (tertiary/aromatic N) is 2. The molecule has 2 N–H and O–H groups in total. The van der Waals surface area contributed by atoms with Crippen molar-refractivity contribution < 1.29 is 8.42 Å². The van der Waals surface area contributed by atoms with E-state index in [1.54, 1.807) is 6.20 Å². The highest BCUT2D eigenvalue weighted by Crippen LogP contribution is 2.20. The molecule has 1 saturated heterocycles. The van der Waals surface area contributed by atoms with Gasteiger partial charge in [-0.25, -0.2) is 13.4 Å². The minimum absolute atomic E-state index is 0.0302. The highest BCUT2D eigenvalue weighted by molar-refractivity contribution is 7.91. The van der Waals surface area contributed by atoms with Crippen molar-refractivity contribution in [1.29, 1.82) is 0 Å². The van der Waals surface area contributed by atoms with Crippen LogP contribution < -0.4 is 10.6 Å². The lowest BCUT2D eigenvalue weighted by Gasteiger charge is -2.34. The summed E-state index contributed by atoms with van der Waals surface area (Å²) in [6.07, 6.45) is 1.76. The maximum absolute atomic E-state index is 11.5. The Bertz CT molecular complexity index is 511. The van der Waals surface area contributed by atoms with E-state index >= 15 is 0 Å². The maximum Gasteiger partial charge on any atom is 0.154 e. The largest absolute Gasteiger partial charge is 0.352 e. The Labute approximate surface area is 108 Å². The van der Waals surface area contributed by atoms with Crippen LogP contribution in [0.15, 0.2) is 18.3 Å². The van der Waals surface area contributed by atoms with E-state index in [1.807, 2.05) is 30.9 Å². The second-order valence-corrected chi connectivity index (χ2v) is 7.12. The summed E-state index contributed by atoms with van der Waals surface area (Å²) >= 11 is 0. The number of aromatic nitrogens is 1. The second-order valence-electron chi connectivity index (χ2n) is 4.90. The fraction of sp³-hybridized carbons (Fsp3) is 0.583. The van der Waals surface area contributed by atoms with Crippen molar-refractivity contribution in [3.63, 3.8) is 0 Å². The molecule has 18 heavy (non-hydrogen) atoms. The van der Waals surface area contributed by atoms with Gasteiger partial charge in [-0.2, -0.15) is 0 Å². The van der Waals surface area contributed by atoms with Crippen LogP contribution in [-0.2, 0) is 9.84 Å². The predicted molar refractivity (Wildman–Crippen MR) is 72.3 cm³/mol. The van der Waals surface area contributed by atoms with Crippen LogP contribution in [0, 0.1) is 0 Å². The molecule has 0 aromatic carbocycles. The Kier molecular flexibility index (Phi) is 3.59. The average molecular weight is 269 g/mol. The summed E-state index contributed by atoms with van der Waals surface area (Å²) in [5.41, 5.74) is 6.75. The van der Waals surface area contributed by atoms with Gasteiger partial charge in [0.15, 0.2) is 9.84 Å². The van der Waals surface area contributed by atoms with E-state index in [0.717, 1.165) is 11.4 Å². The van der Waals surface area contributed by atoms with E-state index in [2.05, 4.69) is 4.98 Å². The summed E-state index contributed by atoms with van der Waals surface area (Å²) in [7, 11) is -2.88. The van der Waals surface area contributed by atoms with Crippen LogP contribution in [0.4, 0.5) is 5.82 Å². The van der Waals surface area contributed by atoms with Crippen LogP contribution in [0.3, 0.4) is 0 Å². The molecule has 2 heterocycles. The van der Waals surface area contributed by atoms with E-state index < -0.39 is 9.84 Å². The van der Waals surface area contributed by atoms with Gasteiger partial charge in [-0.3, -0.25) is 0 Å². The lowest BCUT2D eigenvalue weighted by molar-refractivity contribution is 0.567. The molecule has 1 fully saturated rings. The molecular weight excluding hydrogens is 250 g/mol. The van der Waals surface area contributed by atoms with Gasteiger partial charge in [0.1, 0.15) is 5.82 Å². The molecular formula is C12H19N3O2S. The topological polar surface area (TPSA) is 76.3 Å². The Morgan fingerprint density at radius 1 is 1.50 bits per heavy atom. The molecule has 100 valence electrons. The third-order valence-electron chi connectivity index (χ3n) is 3.26. The molecule has 0 radical (unpaired) electrons. The summed E-state index contributed by atoms with van der Waals surface area (Å²) in [5, 5.41) is 0. The van der Waals surface area contributed by atoms with Crippen LogP contribution >= 0.6 is 0 Å². The van der Waals surface area contributed by atoms with Gasteiger partial charge in [-0.15, -0.1) is 0 Å². The minimum Gasteiger partial charge on any atom is -0.352 e. The van der Waals surface area contributed by atoms with Gasteiger partial charge >= 0.3 is 0 Å². The molecule has 0 saturated carbocycles. The second kappa shape index (κ2) is 4.85. The Morgan fingerprint density at radius 2 is 2.22 bits per heavy atom. The molecule has 2 rings (SSSR count).